The van der Waals surface area contributed by atoms with Crippen LogP contribution >= 0.6 is 34.9 Å². The van der Waals surface area contributed by atoms with Crippen molar-refractivity contribution in [3.05, 3.63) is 29.8 Å². The van der Waals surface area contributed by atoms with E-state index in [0.717, 1.165) is 40.2 Å². The maximum absolute atomic E-state index is 12.7. The second kappa shape index (κ2) is 10.1. The average molecular weight is 423 g/mol. The smallest absolute Gasteiger partial charge is 0.237 e. The highest BCUT2D eigenvalue weighted by molar-refractivity contribution is 8.03. The molecule has 0 saturated carbocycles. The number of para-hydroxylation sites is 1. The zero-order valence-corrected chi connectivity index (χ0v) is 17.6. The van der Waals surface area contributed by atoms with Crippen LogP contribution in [0.3, 0.4) is 0 Å². The van der Waals surface area contributed by atoms with Gasteiger partial charge in [0.15, 0.2) is 8.68 Å². The summed E-state index contributed by atoms with van der Waals surface area (Å²) in [5.41, 5.74) is 2.26. The third-order valence-electron chi connectivity index (χ3n) is 4.02. The van der Waals surface area contributed by atoms with Gasteiger partial charge in [-0.05, 0) is 30.9 Å². The van der Waals surface area contributed by atoms with Crippen LogP contribution in [-0.2, 0) is 16.0 Å². The Balaban J connectivity index is 1.49. The number of aromatic nitrogens is 2. The lowest BCUT2D eigenvalue weighted by atomic mass is 10.0. The van der Waals surface area contributed by atoms with E-state index >= 15 is 0 Å². The molecule has 1 aliphatic heterocycles. The van der Waals surface area contributed by atoms with E-state index in [2.05, 4.69) is 21.6 Å². The molecule has 1 aromatic carbocycles. The Morgan fingerprint density at radius 1 is 1.19 bits per heavy atom. The molecule has 0 aliphatic carbocycles. The van der Waals surface area contributed by atoms with Crippen LogP contribution in [0.2, 0.25) is 0 Å². The lowest BCUT2D eigenvalue weighted by Gasteiger charge is -2.29. The highest BCUT2D eigenvalue weighted by Gasteiger charge is 2.22. The van der Waals surface area contributed by atoms with E-state index in [1.807, 2.05) is 30.0 Å². The maximum Gasteiger partial charge on any atom is 0.237 e. The van der Waals surface area contributed by atoms with Crippen LogP contribution in [0.1, 0.15) is 25.3 Å². The van der Waals surface area contributed by atoms with E-state index in [0.29, 0.717) is 18.1 Å². The molecule has 9 heteroatoms. The second-order valence-electron chi connectivity index (χ2n) is 6.04. The number of amides is 2. The van der Waals surface area contributed by atoms with Crippen molar-refractivity contribution < 1.29 is 9.59 Å². The fourth-order valence-electron chi connectivity index (χ4n) is 2.75. The molecule has 2 aromatic rings. The zero-order valence-electron chi connectivity index (χ0n) is 15.1. The quantitative estimate of drug-likeness (QED) is 0.659. The predicted octanol–water partition coefficient (Wildman–Crippen LogP) is 3.23. The van der Waals surface area contributed by atoms with Gasteiger partial charge in [0, 0.05) is 18.8 Å². The van der Waals surface area contributed by atoms with Crippen molar-refractivity contribution in [2.75, 3.05) is 29.5 Å². The number of anilines is 1. The minimum atomic E-state index is 0.00481. The Kier molecular flexibility index (Phi) is 7.54. The molecular weight excluding hydrogens is 400 g/mol. The lowest BCUT2D eigenvalue weighted by molar-refractivity contribution is -0.118. The van der Waals surface area contributed by atoms with Gasteiger partial charge in [-0.1, -0.05) is 60.0 Å². The number of carbonyl (C=O) groups is 2. The highest BCUT2D eigenvalue weighted by atomic mass is 32.2. The van der Waals surface area contributed by atoms with E-state index in [9.17, 15) is 9.59 Å². The first kappa shape index (κ1) is 20.2. The molecule has 0 radical (unpaired) electrons. The van der Waals surface area contributed by atoms with Crippen molar-refractivity contribution in [2.45, 2.75) is 34.9 Å². The number of nitrogens with one attached hydrogen (secondary N) is 1. The first-order valence-corrected chi connectivity index (χ1v) is 11.7. The van der Waals surface area contributed by atoms with Gasteiger partial charge in [-0.2, -0.15) is 0 Å². The van der Waals surface area contributed by atoms with Gasteiger partial charge >= 0.3 is 0 Å². The Hall–Kier alpha value is -1.58. The molecule has 3 rings (SSSR count). The van der Waals surface area contributed by atoms with Gasteiger partial charge in [-0.15, -0.1) is 10.2 Å². The highest BCUT2D eigenvalue weighted by Crippen LogP contribution is 2.31. The number of hydrogen-bond donors (Lipinski definition) is 1. The minimum absolute atomic E-state index is 0.00481. The summed E-state index contributed by atoms with van der Waals surface area (Å²) in [4.78, 5) is 26.2. The van der Waals surface area contributed by atoms with Gasteiger partial charge in [0.25, 0.3) is 0 Å². The van der Waals surface area contributed by atoms with Crippen LogP contribution in [0.15, 0.2) is 32.9 Å². The maximum atomic E-state index is 12.7. The third kappa shape index (κ3) is 5.70. The summed E-state index contributed by atoms with van der Waals surface area (Å²) in [7, 11) is 0. The van der Waals surface area contributed by atoms with Crippen LogP contribution in [0.25, 0.3) is 0 Å². The average Bonchev–Trinajstić information content (AvgIpc) is 3.16. The lowest BCUT2D eigenvalue weighted by Crippen LogP contribution is -2.36. The largest absolute Gasteiger partial charge is 0.355 e. The molecule has 1 aromatic heterocycles. The van der Waals surface area contributed by atoms with Crippen LogP contribution in [-0.4, -0.2) is 46.6 Å². The standard InChI is InChI=1S/C18H22N4O2S3/c1-2-9-19-15(23)11-25-17-20-21-18(27-17)26-12-16(24)22-10-5-7-13-6-3-4-8-14(13)22/h3-4,6,8H,2,5,7,9-12H2,1H3,(H,19,23). The number of carbonyl (C=O) groups excluding carboxylic acids is 2. The number of rotatable bonds is 8. The zero-order chi connectivity index (χ0) is 19.1. The van der Waals surface area contributed by atoms with E-state index < -0.39 is 0 Å². The summed E-state index contributed by atoms with van der Waals surface area (Å²) in [6.45, 7) is 3.48. The summed E-state index contributed by atoms with van der Waals surface area (Å²) >= 11 is 4.21. The monoisotopic (exact) mass is 422 g/mol. The van der Waals surface area contributed by atoms with Crippen molar-refractivity contribution in [1.29, 1.82) is 0 Å². The first-order valence-electron chi connectivity index (χ1n) is 8.91. The SMILES string of the molecule is CCCNC(=O)CSc1nnc(SCC(=O)N2CCCc3ccccc32)s1. The summed E-state index contributed by atoms with van der Waals surface area (Å²) in [5.74, 6) is 0.772. The van der Waals surface area contributed by atoms with Gasteiger partial charge in [0.05, 0.1) is 11.5 Å². The Labute approximate surface area is 171 Å². The number of aryl methyl sites for hydroxylation is 1. The molecule has 6 nitrogen and oxygen atoms in total. The Bertz CT molecular complexity index is 796. The molecule has 27 heavy (non-hydrogen) atoms. The predicted molar refractivity (Wildman–Crippen MR) is 112 cm³/mol. The van der Waals surface area contributed by atoms with Crippen molar-refractivity contribution in [1.82, 2.24) is 15.5 Å². The van der Waals surface area contributed by atoms with E-state index in [4.69, 9.17) is 0 Å². The van der Waals surface area contributed by atoms with Gasteiger partial charge in [-0.3, -0.25) is 9.59 Å². The molecule has 2 amide bonds. The Morgan fingerprint density at radius 2 is 1.93 bits per heavy atom. The molecule has 0 unspecified atom stereocenters. The summed E-state index contributed by atoms with van der Waals surface area (Å²) in [6, 6.07) is 8.10. The minimum Gasteiger partial charge on any atom is -0.355 e. The number of nitrogens with zero attached hydrogens (tertiary/aromatic N) is 3. The molecule has 0 atom stereocenters. The second-order valence-corrected chi connectivity index (χ2v) is 9.46. The molecule has 0 bridgehead atoms. The molecule has 0 spiro atoms. The van der Waals surface area contributed by atoms with E-state index in [1.54, 1.807) is 0 Å². The van der Waals surface area contributed by atoms with Crippen molar-refractivity contribution in [2.24, 2.45) is 0 Å². The molecule has 144 valence electrons. The summed E-state index contributed by atoms with van der Waals surface area (Å²) < 4.78 is 1.50. The van der Waals surface area contributed by atoms with E-state index in [1.165, 1.54) is 40.4 Å². The number of fused-ring (bicyclic) bond motifs is 1. The number of hydrogen-bond acceptors (Lipinski definition) is 7. The van der Waals surface area contributed by atoms with Gasteiger partial charge in [-0.25, -0.2) is 0 Å². The topological polar surface area (TPSA) is 75.2 Å². The van der Waals surface area contributed by atoms with Crippen LogP contribution in [0.4, 0.5) is 5.69 Å². The normalized spacial score (nSPS) is 13.3. The number of benzene rings is 1. The fraction of sp³-hybridized carbons (Fsp3) is 0.444. The van der Waals surface area contributed by atoms with Gasteiger partial charge in [0.1, 0.15) is 0 Å². The Morgan fingerprint density at radius 3 is 2.70 bits per heavy atom. The van der Waals surface area contributed by atoms with Gasteiger partial charge < -0.3 is 10.2 Å². The van der Waals surface area contributed by atoms with Crippen molar-refractivity contribution in [3.63, 3.8) is 0 Å². The molecule has 1 N–H and O–H groups in total. The molecule has 1 aliphatic rings. The fourth-order valence-corrected chi connectivity index (χ4v) is 5.48. The van der Waals surface area contributed by atoms with E-state index in [-0.39, 0.29) is 11.8 Å². The molecule has 2 heterocycles. The summed E-state index contributed by atoms with van der Waals surface area (Å²) in [6.07, 6.45) is 2.94. The van der Waals surface area contributed by atoms with Crippen molar-refractivity contribution in [3.8, 4) is 0 Å². The molecule has 0 fully saturated rings. The number of thioether (sulfide) groups is 2. The molecular formula is C18H22N4O2S3. The van der Waals surface area contributed by atoms with Crippen LogP contribution in [0.5, 0.6) is 0 Å². The van der Waals surface area contributed by atoms with Gasteiger partial charge in [0.2, 0.25) is 11.8 Å². The van der Waals surface area contributed by atoms with Crippen LogP contribution in [0, 0.1) is 0 Å². The summed E-state index contributed by atoms with van der Waals surface area (Å²) in [5, 5.41) is 11.1. The van der Waals surface area contributed by atoms with Crippen LogP contribution < -0.4 is 10.2 Å². The van der Waals surface area contributed by atoms with Crippen molar-refractivity contribution >= 4 is 52.4 Å². The third-order valence-corrected chi connectivity index (χ3v) is 7.19. The first-order chi connectivity index (χ1) is 13.2. The molecule has 0 saturated heterocycles.